The molecular weight excluding hydrogens is 648 g/mol. The van der Waals surface area contributed by atoms with Crippen molar-refractivity contribution in [1.29, 1.82) is 0 Å². The molecular formula is C39H50N6O6. The number of nitrogens with zero attached hydrogens (tertiary/aromatic N) is 1. The molecule has 1 heterocycles. The zero-order chi connectivity index (χ0) is 36.8. The number of rotatable bonds is 18. The van der Waals surface area contributed by atoms with Gasteiger partial charge < -0.3 is 36.1 Å². The Kier molecular flexibility index (Phi) is 14.5. The number of fused-ring (bicyclic) bond motifs is 1. The second-order valence-electron chi connectivity index (χ2n) is 13.6. The Morgan fingerprint density at radius 2 is 1.49 bits per heavy atom. The lowest BCUT2D eigenvalue weighted by Gasteiger charge is -2.29. The summed E-state index contributed by atoms with van der Waals surface area (Å²) in [5.41, 5.74) is 2.13. The minimum absolute atomic E-state index is 0.00846. The molecule has 272 valence electrons. The predicted molar refractivity (Wildman–Crippen MR) is 195 cm³/mol. The van der Waals surface area contributed by atoms with Gasteiger partial charge in [-0.1, -0.05) is 100 Å². The summed E-state index contributed by atoms with van der Waals surface area (Å²) in [5.74, 6) is -1.16. The van der Waals surface area contributed by atoms with Gasteiger partial charge >= 0.3 is 6.09 Å². The zero-order valence-corrected chi connectivity index (χ0v) is 29.7. The van der Waals surface area contributed by atoms with Crippen molar-refractivity contribution < 1.29 is 29.0 Å². The molecule has 0 fully saturated rings. The van der Waals surface area contributed by atoms with Gasteiger partial charge in [-0.3, -0.25) is 14.4 Å². The van der Waals surface area contributed by atoms with Gasteiger partial charge in [0.05, 0.1) is 30.6 Å². The molecule has 12 nitrogen and oxygen atoms in total. The first kappa shape index (κ1) is 38.6. The van der Waals surface area contributed by atoms with E-state index in [0.29, 0.717) is 18.7 Å². The first-order chi connectivity index (χ1) is 24.5. The summed E-state index contributed by atoms with van der Waals surface area (Å²) in [4.78, 5) is 60.8. The molecule has 51 heavy (non-hydrogen) atoms. The van der Waals surface area contributed by atoms with Crippen LogP contribution in [0.25, 0.3) is 10.8 Å². The molecule has 6 N–H and O–H groups in total. The molecule has 0 radical (unpaired) electrons. The second kappa shape index (κ2) is 19.2. The summed E-state index contributed by atoms with van der Waals surface area (Å²) in [6.45, 7) is 8.33. The van der Waals surface area contributed by atoms with Crippen molar-refractivity contribution in [2.24, 2.45) is 11.8 Å². The van der Waals surface area contributed by atoms with Crippen molar-refractivity contribution in [1.82, 2.24) is 31.2 Å². The summed E-state index contributed by atoms with van der Waals surface area (Å²) in [5, 5.41) is 24.2. The van der Waals surface area contributed by atoms with Gasteiger partial charge in [-0.25, -0.2) is 9.78 Å². The Morgan fingerprint density at radius 1 is 0.804 bits per heavy atom. The third-order valence-corrected chi connectivity index (χ3v) is 8.35. The van der Waals surface area contributed by atoms with E-state index >= 15 is 0 Å². The third kappa shape index (κ3) is 12.6. The Balaban J connectivity index is 1.55. The van der Waals surface area contributed by atoms with Crippen LogP contribution in [-0.2, 0) is 38.6 Å². The number of carbonyl (C=O) groups excluding carboxylic acids is 4. The number of aromatic amines is 1. The fourth-order valence-electron chi connectivity index (χ4n) is 5.73. The summed E-state index contributed by atoms with van der Waals surface area (Å²) >= 11 is 0. The van der Waals surface area contributed by atoms with E-state index in [0.717, 1.165) is 21.9 Å². The Morgan fingerprint density at radius 3 is 2.20 bits per heavy atom. The maximum absolute atomic E-state index is 14.1. The van der Waals surface area contributed by atoms with Crippen molar-refractivity contribution in [3.8, 4) is 0 Å². The highest BCUT2D eigenvalue weighted by atomic mass is 16.5. The van der Waals surface area contributed by atoms with Crippen molar-refractivity contribution in [2.75, 3.05) is 6.54 Å². The summed E-state index contributed by atoms with van der Waals surface area (Å²) in [6, 6.07) is 19.7. The number of hydrogen-bond acceptors (Lipinski definition) is 7. The molecule has 3 aromatic carbocycles. The number of carbonyl (C=O) groups is 4. The van der Waals surface area contributed by atoms with E-state index in [1.54, 1.807) is 6.20 Å². The van der Waals surface area contributed by atoms with E-state index in [9.17, 15) is 24.3 Å². The van der Waals surface area contributed by atoms with Crippen LogP contribution in [-0.4, -0.2) is 69.7 Å². The highest BCUT2D eigenvalue weighted by Crippen LogP contribution is 2.20. The van der Waals surface area contributed by atoms with E-state index < -0.39 is 42.1 Å². The lowest BCUT2D eigenvalue weighted by molar-refractivity contribution is -0.131. The van der Waals surface area contributed by atoms with Gasteiger partial charge in [-0.05, 0) is 40.2 Å². The molecule has 12 heteroatoms. The van der Waals surface area contributed by atoms with Crippen LogP contribution < -0.4 is 21.3 Å². The van der Waals surface area contributed by atoms with Crippen molar-refractivity contribution >= 4 is 34.6 Å². The van der Waals surface area contributed by atoms with Crippen LogP contribution in [0.3, 0.4) is 0 Å². The maximum atomic E-state index is 14.1. The maximum Gasteiger partial charge on any atom is 0.408 e. The lowest BCUT2D eigenvalue weighted by atomic mass is 9.96. The van der Waals surface area contributed by atoms with Crippen LogP contribution in [0.4, 0.5) is 4.79 Å². The highest BCUT2D eigenvalue weighted by molar-refractivity contribution is 5.93. The first-order valence-electron chi connectivity index (χ1n) is 17.5. The number of aromatic nitrogens is 2. The summed E-state index contributed by atoms with van der Waals surface area (Å²) in [6.07, 6.45) is 1.49. The molecule has 4 aromatic rings. The Hall–Kier alpha value is -5.23. The van der Waals surface area contributed by atoms with E-state index in [2.05, 4.69) is 31.2 Å². The number of aliphatic hydroxyl groups excluding tert-OH is 1. The standard InChI is InChI=1S/C39H50N6O6/c1-25(2)17-32(35(46)20-36(47)41-21-26(3)4)43-38(49)34(19-30-22-40-24-42-30)44-37(48)33(45-39(50)51-23-27-11-6-5-7-12-27)18-29-15-10-14-28-13-8-9-16-31(28)29/h5-16,22,24-26,32-35,46H,17-21,23H2,1-4H3,(H,40,42)(H,41,47)(H,43,49)(H,44,48)(H,45,50)/t32-,33-,34-,35-/m0/s1. The number of aliphatic hydroxyl groups is 1. The van der Waals surface area contributed by atoms with Crippen molar-refractivity contribution in [2.45, 2.75) is 84.2 Å². The minimum atomic E-state index is -1.16. The van der Waals surface area contributed by atoms with Gasteiger partial charge in [0.15, 0.2) is 0 Å². The monoisotopic (exact) mass is 698 g/mol. The number of H-pyrrole nitrogens is 1. The molecule has 0 aliphatic carbocycles. The number of hydrogen-bond donors (Lipinski definition) is 6. The van der Waals surface area contributed by atoms with Gasteiger partial charge in [-0.2, -0.15) is 0 Å². The molecule has 0 aliphatic rings. The van der Waals surface area contributed by atoms with Crippen LogP contribution in [0.2, 0.25) is 0 Å². The van der Waals surface area contributed by atoms with Crippen LogP contribution in [0.15, 0.2) is 85.3 Å². The van der Waals surface area contributed by atoms with Crippen LogP contribution >= 0.6 is 0 Å². The first-order valence-corrected chi connectivity index (χ1v) is 17.5. The van der Waals surface area contributed by atoms with Gasteiger partial charge in [0, 0.05) is 25.6 Å². The van der Waals surface area contributed by atoms with E-state index in [4.69, 9.17) is 4.74 Å². The largest absolute Gasteiger partial charge is 0.445 e. The SMILES string of the molecule is CC(C)CNC(=O)C[C@H](O)[C@H](CC(C)C)NC(=O)[C@H](Cc1c[nH]cn1)NC(=O)[C@H](Cc1cccc2ccccc12)NC(=O)OCc1ccccc1. The quantitative estimate of drug-likeness (QED) is 0.0904. The number of alkyl carbamates (subject to hydrolysis) is 1. The number of amides is 4. The molecule has 1 aromatic heterocycles. The fourth-order valence-corrected chi connectivity index (χ4v) is 5.73. The highest BCUT2D eigenvalue weighted by Gasteiger charge is 2.32. The molecule has 0 saturated heterocycles. The number of benzene rings is 3. The molecule has 0 spiro atoms. The molecule has 0 bridgehead atoms. The van der Waals surface area contributed by atoms with E-state index in [-0.39, 0.29) is 43.6 Å². The van der Waals surface area contributed by atoms with Gasteiger partial charge in [0.25, 0.3) is 0 Å². The predicted octanol–water partition coefficient (Wildman–Crippen LogP) is 4.18. The third-order valence-electron chi connectivity index (χ3n) is 8.35. The fraction of sp³-hybridized carbons (Fsp3) is 0.410. The van der Waals surface area contributed by atoms with Crippen molar-refractivity contribution in [3.05, 3.63) is 102 Å². The topological polar surface area (TPSA) is 175 Å². The minimum Gasteiger partial charge on any atom is -0.445 e. The normalized spacial score (nSPS) is 13.6. The molecule has 0 aliphatic heterocycles. The smallest absolute Gasteiger partial charge is 0.408 e. The van der Waals surface area contributed by atoms with Crippen molar-refractivity contribution in [3.63, 3.8) is 0 Å². The number of nitrogens with one attached hydrogen (secondary N) is 5. The average Bonchev–Trinajstić information content (AvgIpc) is 3.62. The van der Waals surface area contributed by atoms with Gasteiger partial charge in [-0.15, -0.1) is 0 Å². The molecule has 0 saturated carbocycles. The van der Waals surface area contributed by atoms with E-state index in [1.807, 2.05) is 100 Å². The number of ether oxygens (including phenoxy) is 1. The number of imidazole rings is 1. The molecule has 0 unspecified atom stereocenters. The Labute approximate surface area is 299 Å². The Bertz CT molecular complexity index is 1710. The van der Waals surface area contributed by atoms with Crippen LogP contribution in [0, 0.1) is 11.8 Å². The second-order valence-corrected chi connectivity index (χ2v) is 13.6. The average molecular weight is 699 g/mol. The van der Waals surface area contributed by atoms with Crippen LogP contribution in [0.1, 0.15) is 57.4 Å². The molecule has 4 atom stereocenters. The van der Waals surface area contributed by atoms with E-state index in [1.165, 1.54) is 6.33 Å². The van der Waals surface area contributed by atoms with Gasteiger partial charge in [0.2, 0.25) is 17.7 Å². The lowest BCUT2D eigenvalue weighted by Crippen LogP contribution is -2.57. The molecule has 4 amide bonds. The summed E-state index contributed by atoms with van der Waals surface area (Å²) < 4.78 is 5.47. The zero-order valence-electron chi connectivity index (χ0n) is 29.7. The van der Waals surface area contributed by atoms with Gasteiger partial charge in [0.1, 0.15) is 18.7 Å². The van der Waals surface area contributed by atoms with Crippen LogP contribution in [0.5, 0.6) is 0 Å². The molecule has 4 rings (SSSR count). The summed E-state index contributed by atoms with van der Waals surface area (Å²) in [7, 11) is 0.